The number of hydrogen-bond acceptors (Lipinski definition) is 3. The van der Waals surface area contributed by atoms with Crippen LogP contribution in [0.3, 0.4) is 0 Å². The summed E-state index contributed by atoms with van der Waals surface area (Å²) in [6, 6.07) is 0. The van der Waals surface area contributed by atoms with Gasteiger partial charge >= 0.3 is 0 Å². The highest BCUT2D eigenvalue weighted by molar-refractivity contribution is 5.77. The molecule has 0 radical (unpaired) electrons. The molecular weight excluding hydrogens is 494 g/mol. The first-order chi connectivity index (χ1) is 18.9. The maximum Gasteiger partial charge on any atom is 0.246 e. The summed E-state index contributed by atoms with van der Waals surface area (Å²) in [6.07, 6.45) is 18.2. The van der Waals surface area contributed by atoms with E-state index in [4.69, 9.17) is 9.47 Å². The molecule has 0 spiro atoms. The van der Waals surface area contributed by atoms with Crippen LogP contribution in [0.5, 0.6) is 0 Å². The van der Waals surface area contributed by atoms with Crippen molar-refractivity contribution >= 4 is 5.91 Å². The first-order valence-electron chi connectivity index (χ1n) is 17.1. The molecule has 3 saturated carbocycles. The van der Waals surface area contributed by atoms with E-state index in [0.29, 0.717) is 24.0 Å². The van der Waals surface area contributed by atoms with Gasteiger partial charge in [-0.05, 0) is 125 Å². The number of hydrogen-bond donors (Lipinski definition) is 1. The minimum Gasteiger partial charge on any atom is -0.376 e. The molecule has 1 N–H and O–H groups in total. The number of fused-ring (bicyclic) bond motifs is 5. The Morgan fingerprint density at radius 3 is 2.58 bits per heavy atom. The van der Waals surface area contributed by atoms with E-state index in [9.17, 15) is 4.79 Å². The van der Waals surface area contributed by atoms with E-state index >= 15 is 0 Å². The largest absolute Gasteiger partial charge is 0.376 e. The average Bonchev–Trinajstić information content (AvgIpc) is 3.24. The van der Waals surface area contributed by atoms with Gasteiger partial charge in [0.25, 0.3) is 0 Å². The maximum absolute atomic E-state index is 12.5. The number of rotatable bonds is 13. The van der Waals surface area contributed by atoms with Crippen LogP contribution >= 0.6 is 0 Å². The fourth-order valence-electron chi connectivity index (χ4n) is 10.0. The van der Waals surface area contributed by atoms with E-state index in [1.165, 1.54) is 57.8 Å². The van der Waals surface area contributed by atoms with Crippen LogP contribution in [-0.4, -0.2) is 37.4 Å². The van der Waals surface area contributed by atoms with Gasteiger partial charge in [0.1, 0.15) is 6.61 Å². The molecule has 4 aliphatic rings. The van der Waals surface area contributed by atoms with Gasteiger partial charge in [-0.25, -0.2) is 0 Å². The molecule has 0 saturated heterocycles. The second-order valence-electron chi connectivity index (χ2n) is 15.8. The van der Waals surface area contributed by atoms with E-state index < -0.39 is 0 Å². The number of allylic oxidation sites excluding steroid dienone is 1. The molecule has 3 fully saturated rings. The van der Waals surface area contributed by atoms with Gasteiger partial charge in [0.15, 0.2) is 0 Å². The van der Waals surface area contributed by atoms with Crippen LogP contribution < -0.4 is 5.32 Å². The molecule has 4 rings (SSSR count). The Morgan fingerprint density at radius 1 is 1.07 bits per heavy atom. The molecule has 1 amide bonds. The third-order valence-corrected chi connectivity index (χ3v) is 12.3. The van der Waals surface area contributed by atoms with Crippen molar-refractivity contribution in [1.82, 2.24) is 5.32 Å². The molecule has 40 heavy (non-hydrogen) atoms. The molecule has 8 atom stereocenters. The SMILES string of the molecule is CCOC(C)(C)CCNC(=O)CO[C@H]1CC[C@@]2(C)C(=CC[C@H]3[C@@H]4CC[C@H]([C@H](C)CCCC(C)C)[C@@]4(C)CC[C@@H]32)C1. The molecule has 4 heteroatoms. The predicted octanol–water partition coefficient (Wildman–Crippen LogP) is 8.73. The van der Waals surface area contributed by atoms with Crippen molar-refractivity contribution in [2.24, 2.45) is 46.3 Å². The molecule has 4 nitrogen and oxygen atoms in total. The summed E-state index contributed by atoms with van der Waals surface area (Å²) in [4.78, 5) is 12.5. The molecule has 0 aliphatic heterocycles. The van der Waals surface area contributed by atoms with Gasteiger partial charge in [-0.15, -0.1) is 0 Å². The minimum atomic E-state index is -0.205. The zero-order valence-corrected chi connectivity index (χ0v) is 27.5. The molecule has 0 heterocycles. The van der Waals surface area contributed by atoms with Crippen LogP contribution in [0.15, 0.2) is 11.6 Å². The van der Waals surface area contributed by atoms with Crippen LogP contribution in [0, 0.1) is 46.3 Å². The van der Waals surface area contributed by atoms with Gasteiger partial charge in [0, 0.05) is 13.2 Å². The smallest absolute Gasteiger partial charge is 0.246 e. The minimum absolute atomic E-state index is 0.000825. The molecule has 4 aliphatic carbocycles. The Balaban J connectivity index is 1.30. The molecule has 0 aromatic heterocycles. The fourth-order valence-corrected chi connectivity index (χ4v) is 10.0. The summed E-state index contributed by atoms with van der Waals surface area (Å²) in [5.74, 6) is 5.23. The van der Waals surface area contributed by atoms with Crippen molar-refractivity contribution in [3.8, 4) is 0 Å². The van der Waals surface area contributed by atoms with Crippen LogP contribution in [-0.2, 0) is 14.3 Å². The van der Waals surface area contributed by atoms with Crippen molar-refractivity contribution in [3.05, 3.63) is 11.6 Å². The predicted molar refractivity (Wildman–Crippen MR) is 166 cm³/mol. The first kappa shape index (κ1) is 32.1. The Bertz CT molecular complexity index is 879. The second kappa shape index (κ2) is 13.2. The number of ether oxygens (including phenoxy) is 2. The molecule has 230 valence electrons. The number of amides is 1. The average molecular weight is 558 g/mol. The Morgan fingerprint density at radius 2 is 1.85 bits per heavy atom. The maximum atomic E-state index is 12.5. The van der Waals surface area contributed by atoms with Crippen LogP contribution in [0.25, 0.3) is 0 Å². The summed E-state index contributed by atoms with van der Waals surface area (Å²) in [7, 11) is 0. The van der Waals surface area contributed by atoms with Gasteiger partial charge in [-0.2, -0.15) is 0 Å². The monoisotopic (exact) mass is 557 g/mol. The summed E-state index contributed by atoms with van der Waals surface area (Å²) in [5, 5.41) is 3.03. The van der Waals surface area contributed by atoms with Crippen molar-refractivity contribution in [1.29, 1.82) is 0 Å². The van der Waals surface area contributed by atoms with Gasteiger partial charge in [-0.3, -0.25) is 4.79 Å². The molecule has 0 unspecified atom stereocenters. The second-order valence-corrected chi connectivity index (χ2v) is 15.8. The Kier molecular flexibility index (Phi) is 10.6. The fraction of sp³-hybridized carbons (Fsp3) is 0.917. The van der Waals surface area contributed by atoms with Crippen molar-refractivity contribution in [2.45, 2.75) is 144 Å². The molecule has 0 aromatic carbocycles. The zero-order chi connectivity index (χ0) is 29.1. The summed E-state index contributed by atoms with van der Waals surface area (Å²) < 4.78 is 11.9. The Hall–Kier alpha value is -0.870. The van der Waals surface area contributed by atoms with Crippen LogP contribution in [0.1, 0.15) is 132 Å². The normalized spacial score (nSPS) is 36.4. The standard InChI is InChI=1S/C36H63NO3/c1-9-40-34(5,6)21-22-37-33(38)24-39-28-17-19-35(7)27(23-28)13-14-29-31-16-15-30(26(4)12-10-11-25(2)3)36(31,8)20-18-32(29)35/h13,25-26,28-32H,9-12,14-24H2,1-8H3,(H,37,38)/t26-,28+,29+,30-,31+,32+,35+,36-/m1/s1. The van der Waals surface area contributed by atoms with E-state index in [0.717, 1.165) is 54.8 Å². The lowest BCUT2D eigenvalue weighted by Crippen LogP contribution is -2.51. The Labute approximate surface area is 247 Å². The first-order valence-corrected chi connectivity index (χ1v) is 17.1. The van der Waals surface area contributed by atoms with E-state index in [-0.39, 0.29) is 24.2 Å². The van der Waals surface area contributed by atoms with Crippen molar-refractivity contribution < 1.29 is 14.3 Å². The summed E-state index contributed by atoms with van der Waals surface area (Å²) in [6.45, 7) is 20.3. The van der Waals surface area contributed by atoms with E-state index in [1.54, 1.807) is 5.57 Å². The van der Waals surface area contributed by atoms with E-state index in [1.807, 2.05) is 6.92 Å². The molecular formula is C36H63NO3. The third kappa shape index (κ3) is 7.01. The van der Waals surface area contributed by atoms with Gasteiger partial charge in [-0.1, -0.05) is 65.5 Å². The highest BCUT2D eigenvalue weighted by atomic mass is 16.5. The van der Waals surface area contributed by atoms with E-state index in [2.05, 4.69) is 59.9 Å². The summed E-state index contributed by atoms with van der Waals surface area (Å²) >= 11 is 0. The summed E-state index contributed by atoms with van der Waals surface area (Å²) in [5.41, 5.74) is 2.32. The van der Waals surface area contributed by atoms with Crippen LogP contribution in [0.4, 0.5) is 0 Å². The van der Waals surface area contributed by atoms with Crippen molar-refractivity contribution in [3.63, 3.8) is 0 Å². The lowest BCUT2D eigenvalue weighted by Gasteiger charge is -2.58. The highest BCUT2D eigenvalue weighted by Gasteiger charge is 2.59. The quantitative estimate of drug-likeness (QED) is 0.230. The number of carbonyl (C=O) groups is 1. The third-order valence-electron chi connectivity index (χ3n) is 12.3. The lowest BCUT2D eigenvalue weighted by molar-refractivity contribution is -0.129. The molecule has 0 aromatic rings. The number of nitrogens with one attached hydrogen (secondary N) is 1. The van der Waals surface area contributed by atoms with Crippen molar-refractivity contribution in [2.75, 3.05) is 19.8 Å². The highest BCUT2D eigenvalue weighted by Crippen LogP contribution is 2.67. The van der Waals surface area contributed by atoms with Crippen LogP contribution in [0.2, 0.25) is 0 Å². The van der Waals surface area contributed by atoms with Gasteiger partial charge in [0.2, 0.25) is 5.91 Å². The lowest BCUT2D eigenvalue weighted by atomic mass is 9.47. The number of carbonyl (C=O) groups excluding carboxylic acids is 1. The molecule has 0 bridgehead atoms. The van der Waals surface area contributed by atoms with Gasteiger partial charge in [0.05, 0.1) is 11.7 Å². The topological polar surface area (TPSA) is 47.6 Å². The zero-order valence-electron chi connectivity index (χ0n) is 27.5. The van der Waals surface area contributed by atoms with Gasteiger partial charge < -0.3 is 14.8 Å².